The van der Waals surface area contributed by atoms with Crippen molar-refractivity contribution < 1.29 is 32.6 Å². The Labute approximate surface area is 290 Å². The molecule has 2 aromatic heterocycles. The number of anilines is 1. The van der Waals surface area contributed by atoms with Crippen molar-refractivity contribution in [1.82, 2.24) is 24.4 Å². The Morgan fingerprint density at radius 1 is 1.06 bits per heavy atom. The first kappa shape index (κ1) is 36.8. The van der Waals surface area contributed by atoms with Gasteiger partial charge in [-0.2, -0.15) is 9.97 Å². The fourth-order valence-corrected chi connectivity index (χ4v) is 7.03. The van der Waals surface area contributed by atoms with Gasteiger partial charge in [-0.05, 0) is 75.4 Å². The lowest BCUT2D eigenvalue weighted by molar-refractivity contribution is -0.125. The van der Waals surface area contributed by atoms with Crippen molar-refractivity contribution in [3.05, 3.63) is 36.2 Å². The quantitative estimate of drug-likeness (QED) is 0.210. The van der Waals surface area contributed by atoms with Crippen molar-refractivity contribution in [2.45, 2.75) is 83.5 Å². The van der Waals surface area contributed by atoms with Crippen LogP contribution in [0.1, 0.15) is 71.5 Å². The van der Waals surface area contributed by atoms with E-state index in [1.165, 1.54) is 9.47 Å². The number of Topliss-reactive ketones (excluding diaryl/α,β-unsaturated/α-hetero) is 1. The summed E-state index contributed by atoms with van der Waals surface area (Å²) in [6.45, 7) is 7.60. The third-order valence-electron chi connectivity index (χ3n) is 8.87. The summed E-state index contributed by atoms with van der Waals surface area (Å²) in [6, 6.07) is 8.05. The molecule has 0 unspecified atom stereocenters. The number of carbonyl (C=O) groups excluding carboxylic acids is 2. The zero-order chi connectivity index (χ0) is 35.3. The number of imidazole rings is 1. The van der Waals surface area contributed by atoms with Gasteiger partial charge in [0.1, 0.15) is 23.3 Å². The van der Waals surface area contributed by atoms with Gasteiger partial charge >= 0.3 is 6.09 Å². The fourth-order valence-electron chi connectivity index (χ4n) is 6.34. The van der Waals surface area contributed by atoms with Crippen LogP contribution in [0.25, 0.3) is 16.9 Å². The molecule has 5 rings (SSSR count). The Morgan fingerprint density at radius 3 is 2.41 bits per heavy atom. The maximum absolute atomic E-state index is 14.2. The first-order chi connectivity index (χ1) is 23.3. The predicted octanol–water partition coefficient (Wildman–Crippen LogP) is 5.99. The molecular weight excluding hydrogens is 654 g/mol. The first-order valence-electron chi connectivity index (χ1n) is 17.0. The minimum atomic E-state index is -2.81. The molecule has 2 fully saturated rings. The second kappa shape index (κ2) is 16.0. The molecule has 1 aromatic carbocycles. The molecule has 1 saturated carbocycles. The Bertz CT molecular complexity index is 1580. The minimum absolute atomic E-state index is 0.0566. The van der Waals surface area contributed by atoms with Gasteiger partial charge in [-0.1, -0.05) is 12.1 Å². The standard InChI is InChI=1S/C35H49F2N6O5S/c1-35(2,3)48-34(45)41(4)27(15-20-49(5)6)28(44)21-23-11-13-24(14-12-23)47-30-22-29(39-33(40-30)42-16-18-46-19-17-42)43-26-10-8-7-9-25(26)38-32(43)31(36)37/h7-10,22-24,27,31H,11-21H2,1-6H3/q+1/t23?,24?,27-/m0/s1. The normalized spacial score (nSPS) is 19.3. The van der Waals surface area contributed by atoms with E-state index in [1.54, 1.807) is 37.4 Å². The number of aromatic nitrogens is 4. The molecular formula is C35H49F2N6O5S+. The van der Waals surface area contributed by atoms with Crippen LogP contribution in [0.5, 0.6) is 5.88 Å². The van der Waals surface area contributed by atoms with Crippen LogP contribution >= 0.6 is 0 Å². The van der Waals surface area contributed by atoms with Crippen molar-refractivity contribution in [3.8, 4) is 11.7 Å². The second-order valence-corrected chi connectivity index (χ2v) is 16.5. The largest absolute Gasteiger partial charge is 0.474 e. The van der Waals surface area contributed by atoms with Crippen LogP contribution in [0.3, 0.4) is 0 Å². The maximum Gasteiger partial charge on any atom is 0.410 e. The molecule has 49 heavy (non-hydrogen) atoms. The number of ketones is 1. The number of hydrogen-bond acceptors (Lipinski definition) is 9. The van der Waals surface area contributed by atoms with Gasteiger partial charge in [-0.15, -0.1) is 0 Å². The lowest BCUT2D eigenvalue weighted by atomic mass is 9.83. The van der Waals surface area contributed by atoms with E-state index in [4.69, 9.17) is 24.2 Å². The first-order valence-corrected chi connectivity index (χ1v) is 19.2. The number of fused-ring (bicyclic) bond motifs is 1. The van der Waals surface area contributed by atoms with Gasteiger partial charge in [0.25, 0.3) is 6.43 Å². The van der Waals surface area contributed by atoms with Gasteiger partial charge in [0.15, 0.2) is 11.6 Å². The molecule has 0 radical (unpaired) electrons. The van der Waals surface area contributed by atoms with Gasteiger partial charge in [-0.25, -0.2) is 18.6 Å². The number of hydrogen-bond donors (Lipinski definition) is 0. The molecule has 14 heteroatoms. The van der Waals surface area contributed by atoms with Crippen molar-refractivity contribution >= 4 is 39.8 Å². The number of likely N-dealkylation sites (N-methyl/N-ethyl adjacent to an activating group) is 1. The van der Waals surface area contributed by atoms with Crippen molar-refractivity contribution in [2.75, 3.05) is 56.5 Å². The van der Waals surface area contributed by atoms with E-state index in [0.29, 0.717) is 74.8 Å². The van der Waals surface area contributed by atoms with Crippen LogP contribution < -0.4 is 9.64 Å². The third-order valence-corrected chi connectivity index (χ3v) is 9.93. The number of rotatable bonds is 12. The summed E-state index contributed by atoms with van der Waals surface area (Å²) >= 11 is 0. The summed E-state index contributed by atoms with van der Waals surface area (Å²) in [4.78, 5) is 43.6. The van der Waals surface area contributed by atoms with E-state index in [-0.39, 0.29) is 34.5 Å². The molecule has 3 aromatic rings. The Morgan fingerprint density at radius 2 is 1.76 bits per heavy atom. The molecule has 1 aliphatic heterocycles. The van der Waals surface area contributed by atoms with E-state index in [1.807, 2.05) is 25.7 Å². The van der Waals surface area contributed by atoms with Crippen LogP contribution in [-0.2, 0) is 25.2 Å². The Kier molecular flexibility index (Phi) is 12.0. The Hall–Kier alpha value is -3.52. The van der Waals surface area contributed by atoms with Crippen LogP contribution in [-0.4, -0.2) is 106 Å². The van der Waals surface area contributed by atoms with E-state index in [0.717, 1.165) is 18.6 Å². The molecule has 3 heterocycles. The molecule has 1 amide bonds. The molecule has 0 N–H and O–H groups in total. The lowest BCUT2D eigenvalue weighted by Gasteiger charge is -2.32. The summed E-state index contributed by atoms with van der Waals surface area (Å²) < 4.78 is 47.4. The third kappa shape index (κ3) is 9.59. The van der Waals surface area contributed by atoms with Gasteiger partial charge in [0.2, 0.25) is 11.8 Å². The number of benzene rings is 1. The van der Waals surface area contributed by atoms with Crippen LogP contribution in [0.2, 0.25) is 0 Å². The molecule has 0 bridgehead atoms. The van der Waals surface area contributed by atoms with Crippen LogP contribution in [0.4, 0.5) is 19.5 Å². The molecule has 268 valence electrons. The summed E-state index contributed by atoms with van der Waals surface area (Å²) in [5.74, 6) is 1.63. The highest BCUT2D eigenvalue weighted by atomic mass is 32.2. The average Bonchev–Trinajstić information content (AvgIpc) is 3.45. The zero-order valence-corrected chi connectivity index (χ0v) is 30.2. The Balaban J connectivity index is 1.30. The minimum Gasteiger partial charge on any atom is -0.474 e. The van der Waals surface area contributed by atoms with Crippen LogP contribution in [0, 0.1) is 5.92 Å². The molecule has 0 spiro atoms. The summed E-state index contributed by atoms with van der Waals surface area (Å²) in [5, 5.41) is 0. The number of amides is 1. The van der Waals surface area contributed by atoms with E-state index in [9.17, 15) is 18.4 Å². The van der Waals surface area contributed by atoms with Crippen molar-refractivity contribution in [1.29, 1.82) is 0 Å². The highest BCUT2D eigenvalue weighted by Crippen LogP contribution is 2.33. The lowest BCUT2D eigenvalue weighted by Crippen LogP contribution is -2.46. The highest BCUT2D eigenvalue weighted by Gasteiger charge is 2.34. The maximum atomic E-state index is 14.2. The van der Waals surface area contributed by atoms with Gasteiger partial charge < -0.3 is 24.0 Å². The topological polar surface area (TPSA) is 112 Å². The average molecular weight is 704 g/mol. The monoisotopic (exact) mass is 703 g/mol. The van der Waals surface area contributed by atoms with E-state index >= 15 is 0 Å². The molecule has 2 aliphatic rings. The number of nitrogens with zero attached hydrogens (tertiary/aromatic N) is 6. The summed E-state index contributed by atoms with van der Waals surface area (Å²) in [6.07, 6.45) is 4.77. The fraction of sp³-hybridized carbons (Fsp3) is 0.629. The summed E-state index contributed by atoms with van der Waals surface area (Å²) in [5.41, 5.74) is 0.316. The zero-order valence-electron chi connectivity index (χ0n) is 29.4. The van der Waals surface area contributed by atoms with Crippen molar-refractivity contribution in [2.24, 2.45) is 5.92 Å². The number of ether oxygens (including phenoxy) is 3. The smallest absolute Gasteiger partial charge is 0.410 e. The number of para-hydroxylation sites is 2. The number of morpholine rings is 1. The SMILES string of the molecule is CN(C(=O)OC(C)(C)C)[C@@H](CC[S+](C)C)C(=O)CC1CCC(Oc2cc(-n3c(C(F)F)nc4ccccc43)nc(N3CCOCC3)n2)CC1. The molecule has 1 atom stereocenters. The number of carbonyl (C=O) groups is 2. The van der Waals surface area contributed by atoms with Gasteiger partial charge in [0, 0.05) is 39.0 Å². The van der Waals surface area contributed by atoms with E-state index in [2.05, 4.69) is 17.5 Å². The predicted molar refractivity (Wildman–Crippen MR) is 187 cm³/mol. The second-order valence-electron chi connectivity index (χ2n) is 14.1. The number of halogens is 2. The van der Waals surface area contributed by atoms with E-state index < -0.39 is 30.0 Å². The highest BCUT2D eigenvalue weighted by molar-refractivity contribution is 7.95. The number of alkyl halides is 2. The molecule has 1 saturated heterocycles. The van der Waals surface area contributed by atoms with Crippen LogP contribution in [0.15, 0.2) is 30.3 Å². The molecule has 1 aliphatic carbocycles. The molecule has 11 nitrogen and oxygen atoms in total. The van der Waals surface area contributed by atoms with Gasteiger partial charge in [0.05, 0.1) is 42.8 Å². The summed E-state index contributed by atoms with van der Waals surface area (Å²) in [7, 11) is 1.79. The van der Waals surface area contributed by atoms with Gasteiger partial charge in [-0.3, -0.25) is 9.36 Å². The van der Waals surface area contributed by atoms with Crippen molar-refractivity contribution in [3.63, 3.8) is 0 Å².